The van der Waals surface area contributed by atoms with Crippen molar-refractivity contribution in [3.8, 4) is 17.2 Å². The molecule has 0 heterocycles. The van der Waals surface area contributed by atoms with Crippen LogP contribution in [0.4, 0.5) is 5.69 Å². The van der Waals surface area contributed by atoms with Crippen LogP contribution in [0.15, 0.2) is 12.1 Å². The topological polar surface area (TPSA) is 70.8 Å². The molecular formula is C16H25NO5. The van der Waals surface area contributed by atoms with Gasteiger partial charge in [0.2, 0.25) is 11.5 Å². The molecule has 0 aliphatic carbocycles. The average molecular weight is 311 g/mol. The van der Waals surface area contributed by atoms with Gasteiger partial charge in [0, 0.05) is 6.07 Å². The summed E-state index contributed by atoms with van der Waals surface area (Å²) in [4.78, 5) is 10.7. The fourth-order valence-electron chi connectivity index (χ4n) is 2.26. The molecule has 1 atom stereocenters. The fourth-order valence-corrected chi connectivity index (χ4v) is 2.26. The van der Waals surface area contributed by atoms with E-state index in [0.29, 0.717) is 5.75 Å². The van der Waals surface area contributed by atoms with Crippen molar-refractivity contribution in [1.82, 2.24) is 0 Å². The van der Waals surface area contributed by atoms with Crippen LogP contribution in [-0.2, 0) is 0 Å². The lowest BCUT2D eigenvalue weighted by Crippen LogP contribution is -2.13. The molecule has 0 aliphatic heterocycles. The number of ether oxygens (including phenoxy) is 3. The Morgan fingerprint density at radius 1 is 1.14 bits per heavy atom. The Labute approximate surface area is 131 Å². The predicted octanol–water partition coefficient (Wildman–Crippen LogP) is 4.35. The van der Waals surface area contributed by atoms with E-state index in [1.807, 2.05) is 6.92 Å². The largest absolute Gasteiger partial charge is 0.493 e. The normalized spacial score (nSPS) is 11.8. The van der Waals surface area contributed by atoms with Crippen LogP contribution in [0.5, 0.6) is 17.2 Å². The van der Waals surface area contributed by atoms with Crippen molar-refractivity contribution in [2.24, 2.45) is 0 Å². The Kier molecular flexibility index (Phi) is 7.49. The second kappa shape index (κ2) is 9.12. The van der Waals surface area contributed by atoms with Gasteiger partial charge in [-0.2, -0.15) is 0 Å². The van der Waals surface area contributed by atoms with Crippen LogP contribution in [0.25, 0.3) is 0 Å². The summed E-state index contributed by atoms with van der Waals surface area (Å²) < 4.78 is 16.2. The Balaban J connectivity index is 2.92. The number of rotatable bonds is 10. The number of unbranched alkanes of at least 4 members (excludes halogenated alkanes) is 3. The summed E-state index contributed by atoms with van der Waals surface area (Å²) >= 11 is 0. The number of nitrogens with zero attached hydrogens (tertiary/aromatic N) is 1. The first-order chi connectivity index (χ1) is 10.5. The van der Waals surface area contributed by atoms with Crippen LogP contribution in [0.3, 0.4) is 0 Å². The summed E-state index contributed by atoms with van der Waals surface area (Å²) in [5.41, 5.74) is -0.113. The zero-order valence-electron chi connectivity index (χ0n) is 13.8. The molecule has 0 radical (unpaired) electrons. The summed E-state index contributed by atoms with van der Waals surface area (Å²) in [6.07, 6.45) is 5.25. The highest BCUT2D eigenvalue weighted by Gasteiger charge is 2.25. The Morgan fingerprint density at radius 2 is 1.86 bits per heavy atom. The van der Waals surface area contributed by atoms with Crippen LogP contribution in [0.1, 0.15) is 46.0 Å². The van der Waals surface area contributed by atoms with Gasteiger partial charge < -0.3 is 14.2 Å². The molecule has 124 valence electrons. The highest BCUT2D eigenvalue weighted by atomic mass is 16.6. The monoisotopic (exact) mass is 311 g/mol. The van der Waals surface area contributed by atoms with Crippen molar-refractivity contribution in [2.45, 2.75) is 52.1 Å². The van der Waals surface area contributed by atoms with E-state index >= 15 is 0 Å². The Bertz CT molecular complexity index is 490. The first-order valence-electron chi connectivity index (χ1n) is 7.61. The molecule has 6 heteroatoms. The number of hydrogen-bond donors (Lipinski definition) is 0. The molecule has 0 fully saturated rings. The van der Waals surface area contributed by atoms with E-state index in [-0.39, 0.29) is 23.3 Å². The molecule has 1 unspecified atom stereocenters. The zero-order valence-corrected chi connectivity index (χ0v) is 13.8. The quantitative estimate of drug-likeness (QED) is 0.365. The first kappa shape index (κ1) is 18.1. The summed E-state index contributed by atoms with van der Waals surface area (Å²) in [5, 5.41) is 11.2. The van der Waals surface area contributed by atoms with Gasteiger partial charge in [-0.25, -0.2) is 0 Å². The molecule has 0 saturated carbocycles. The maximum Gasteiger partial charge on any atom is 0.315 e. The van der Waals surface area contributed by atoms with E-state index in [1.54, 1.807) is 0 Å². The molecule has 0 aliphatic rings. The number of nitro groups is 1. The van der Waals surface area contributed by atoms with Crippen molar-refractivity contribution in [3.05, 3.63) is 22.2 Å². The third-order valence-corrected chi connectivity index (χ3v) is 3.46. The zero-order chi connectivity index (χ0) is 16.5. The van der Waals surface area contributed by atoms with E-state index in [0.717, 1.165) is 19.3 Å². The highest BCUT2D eigenvalue weighted by Crippen LogP contribution is 2.44. The van der Waals surface area contributed by atoms with Gasteiger partial charge in [0.25, 0.3) is 0 Å². The fraction of sp³-hybridized carbons (Fsp3) is 0.625. The van der Waals surface area contributed by atoms with E-state index < -0.39 is 4.92 Å². The molecular weight excluding hydrogens is 286 g/mol. The van der Waals surface area contributed by atoms with E-state index in [4.69, 9.17) is 14.2 Å². The summed E-state index contributed by atoms with van der Waals surface area (Å²) in [6, 6.07) is 2.89. The van der Waals surface area contributed by atoms with Crippen LogP contribution < -0.4 is 14.2 Å². The molecule has 0 aromatic heterocycles. The molecule has 1 aromatic rings. The van der Waals surface area contributed by atoms with Crippen LogP contribution in [-0.4, -0.2) is 25.2 Å². The Morgan fingerprint density at radius 3 is 2.41 bits per heavy atom. The average Bonchev–Trinajstić information content (AvgIpc) is 2.50. The number of benzene rings is 1. The lowest BCUT2D eigenvalue weighted by atomic mass is 10.1. The molecule has 0 N–H and O–H groups in total. The number of nitro benzene ring substituents is 1. The van der Waals surface area contributed by atoms with Crippen LogP contribution >= 0.6 is 0 Å². The van der Waals surface area contributed by atoms with Gasteiger partial charge in [-0.1, -0.05) is 26.2 Å². The third kappa shape index (κ3) is 4.79. The molecule has 1 rings (SSSR count). The lowest BCUT2D eigenvalue weighted by Gasteiger charge is -2.18. The molecule has 0 spiro atoms. The van der Waals surface area contributed by atoms with Crippen LogP contribution in [0, 0.1) is 10.1 Å². The molecule has 0 saturated heterocycles. The van der Waals surface area contributed by atoms with Crippen molar-refractivity contribution in [1.29, 1.82) is 0 Å². The van der Waals surface area contributed by atoms with Gasteiger partial charge in [-0.3, -0.25) is 10.1 Å². The van der Waals surface area contributed by atoms with Crippen molar-refractivity contribution in [2.75, 3.05) is 14.2 Å². The van der Waals surface area contributed by atoms with Gasteiger partial charge in [0.15, 0.2) is 5.75 Å². The third-order valence-electron chi connectivity index (χ3n) is 3.46. The van der Waals surface area contributed by atoms with E-state index in [1.165, 1.54) is 39.2 Å². The molecule has 22 heavy (non-hydrogen) atoms. The van der Waals surface area contributed by atoms with Gasteiger partial charge in [-0.15, -0.1) is 0 Å². The van der Waals surface area contributed by atoms with Gasteiger partial charge in [0.05, 0.1) is 25.2 Å². The molecule has 0 bridgehead atoms. The van der Waals surface area contributed by atoms with Gasteiger partial charge >= 0.3 is 5.69 Å². The van der Waals surface area contributed by atoms with E-state index in [2.05, 4.69) is 6.92 Å². The molecule has 6 nitrogen and oxygen atoms in total. The summed E-state index contributed by atoms with van der Waals surface area (Å²) in [7, 11) is 2.93. The van der Waals surface area contributed by atoms with Gasteiger partial charge in [0.1, 0.15) is 0 Å². The number of methoxy groups -OCH3 is 2. The SMILES string of the molecule is CCCCCCC(C)Oc1c([N+](=O)[O-])ccc(OC)c1OC. The minimum Gasteiger partial charge on any atom is -0.493 e. The summed E-state index contributed by atoms with van der Waals surface area (Å²) in [5.74, 6) is 0.813. The Hall–Kier alpha value is -1.98. The number of hydrogen-bond acceptors (Lipinski definition) is 5. The maximum absolute atomic E-state index is 11.2. The maximum atomic E-state index is 11.2. The first-order valence-corrected chi connectivity index (χ1v) is 7.61. The smallest absolute Gasteiger partial charge is 0.315 e. The van der Waals surface area contributed by atoms with E-state index in [9.17, 15) is 10.1 Å². The minimum absolute atomic E-state index is 0.113. The standard InChI is InChI=1S/C16H25NO5/c1-5-6-7-8-9-12(2)22-15-13(17(18)19)10-11-14(20-3)16(15)21-4/h10-12H,5-9H2,1-4H3. The van der Waals surface area contributed by atoms with Crippen molar-refractivity contribution in [3.63, 3.8) is 0 Å². The predicted molar refractivity (Wildman–Crippen MR) is 85.0 cm³/mol. The summed E-state index contributed by atoms with van der Waals surface area (Å²) in [6.45, 7) is 4.07. The second-order valence-corrected chi connectivity index (χ2v) is 5.18. The highest BCUT2D eigenvalue weighted by molar-refractivity contribution is 5.62. The minimum atomic E-state index is -0.471. The van der Waals surface area contributed by atoms with Crippen molar-refractivity contribution < 1.29 is 19.1 Å². The van der Waals surface area contributed by atoms with Crippen molar-refractivity contribution >= 4 is 5.69 Å². The van der Waals surface area contributed by atoms with Crippen LogP contribution in [0.2, 0.25) is 0 Å². The second-order valence-electron chi connectivity index (χ2n) is 5.18. The van der Waals surface area contributed by atoms with Gasteiger partial charge in [-0.05, 0) is 25.8 Å². The molecule has 1 aromatic carbocycles. The molecule has 0 amide bonds. The lowest BCUT2D eigenvalue weighted by molar-refractivity contribution is -0.386.